The van der Waals surface area contributed by atoms with Gasteiger partial charge in [-0.05, 0) is 37.6 Å². The van der Waals surface area contributed by atoms with Gasteiger partial charge in [0.05, 0.1) is 7.11 Å². The van der Waals surface area contributed by atoms with Crippen molar-refractivity contribution in [2.45, 2.75) is 25.9 Å². The molecule has 124 valence electrons. The molecule has 0 unspecified atom stereocenters. The summed E-state index contributed by atoms with van der Waals surface area (Å²) in [5.74, 6) is -0.410. The van der Waals surface area contributed by atoms with E-state index in [0.717, 1.165) is 10.6 Å². The molecule has 23 heavy (non-hydrogen) atoms. The Morgan fingerprint density at radius 2 is 1.96 bits per heavy atom. The Balaban J connectivity index is 2.41. The second-order valence-electron chi connectivity index (χ2n) is 5.81. The van der Waals surface area contributed by atoms with Crippen LogP contribution >= 0.6 is 0 Å². The molecule has 1 aromatic carbocycles. The zero-order valence-electron chi connectivity index (χ0n) is 13.6. The fourth-order valence-electron chi connectivity index (χ4n) is 2.09. The highest BCUT2D eigenvalue weighted by Gasteiger charge is 2.28. The van der Waals surface area contributed by atoms with E-state index in [1.807, 2.05) is 0 Å². The predicted octanol–water partition coefficient (Wildman–Crippen LogP) is 2.87. The molecule has 1 N–H and O–H groups in total. The summed E-state index contributed by atoms with van der Waals surface area (Å²) in [5.41, 5.74) is 0.202. The molecule has 2 rings (SSSR count). The zero-order valence-corrected chi connectivity index (χ0v) is 13.6. The first-order valence-corrected chi connectivity index (χ1v) is 7.14. The van der Waals surface area contributed by atoms with Gasteiger partial charge in [0, 0.05) is 19.0 Å². The van der Waals surface area contributed by atoms with Crippen LogP contribution in [0.4, 0.5) is 4.39 Å². The fourth-order valence-corrected chi connectivity index (χ4v) is 2.09. The minimum Gasteiger partial charge on any atom is -0.452 e. The van der Waals surface area contributed by atoms with Crippen molar-refractivity contribution >= 4 is 5.91 Å². The van der Waals surface area contributed by atoms with Gasteiger partial charge in [-0.15, -0.1) is 0 Å². The summed E-state index contributed by atoms with van der Waals surface area (Å²) in [6.07, 6.45) is 0.373. The molecule has 0 saturated heterocycles. The molecule has 1 amide bonds. The van der Waals surface area contributed by atoms with Crippen LogP contribution in [-0.4, -0.2) is 30.2 Å². The molecule has 0 atom stereocenters. The topological polar surface area (TPSA) is 62.9 Å². The van der Waals surface area contributed by atoms with Crippen molar-refractivity contribution in [3.63, 3.8) is 0 Å². The van der Waals surface area contributed by atoms with Crippen LogP contribution in [0.25, 0.3) is 0 Å². The highest BCUT2D eigenvalue weighted by molar-refractivity contribution is 5.92. The minimum absolute atomic E-state index is 0.0933. The van der Waals surface area contributed by atoms with Gasteiger partial charge in [-0.25, -0.2) is 9.45 Å². The predicted molar refractivity (Wildman–Crippen MR) is 82.3 cm³/mol. The summed E-state index contributed by atoms with van der Waals surface area (Å²) < 4.78 is 18.6. The molecule has 6 heteroatoms. The van der Waals surface area contributed by atoms with Crippen molar-refractivity contribution in [3.05, 3.63) is 58.8 Å². The zero-order chi connectivity index (χ0) is 17.2. The molecule has 0 bridgehead atoms. The van der Waals surface area contributed by atoms with E-state index < -0.39 is 11.5 Å². The number of rotatable bonds is 5. The van der Waals surface area contributed by atoms with Gasteiger partial charge in [-0.2, -0.15) is 0 Å². The van der Waals surface area contributed by atoms with Crippen molar-refractivity contribution in [3.8, 4) is 0 Å². The van der Waals surface area contributed by atoms with Crippen molar-refractivity contribution in [1.29, 1.82) is 0 Å². The molecule has 0 aliphatic carbocycles. The monoisotopic (exact) mass is 321 g/mol. The Labute approximate surface area is 134 Å². The lowest BCUT2D eigenvalue weighted by molar-refractivity contribution is -0.0777. The summed E-state index contributed by atoms with van der Waals surface area (Å²) in [7, 11) is 2.84. The molecule has 0 aliphatic rings. The van der Waals surface area contributed by atoms with E-state index in [9.17, 15) is 14.3 Å². The number of carbonyl (C=O) groups is 1. The molecule has 0 fully saturated rings. The lowest BCUT2D eigenvalue weighted by atomic mass is 10.0. The number of carbonyl (C=O) groups excluding carboxylic acids is 1. The van der Waals surface area contributed by atoms with Gasteiger partial charge in [0.15, 0.2) is 5.76 Å². The molecular formula is C17H20FNO4. The van der Waals surface area contributed by atoms with E-state index in [-0.39, 0.29) is 17.3 Å². The highest BCUT2D eigenvalue weighted by Crippen LogP contribution is 2.28. The quantitative estimate of drug-likeness (QED) is 0.860. The first kappa shape index (κ1) is 17.2. The average molecular weight is 321 g/mol. The largest absolute Gasteiger partial charge is 0.452 e. The molecule has 0 saturated carbocycles. The van der Waals surface area contributed by atoms with Gasteiger partial charge < -0.3 is 9.52 Å². The van der Waals surface area contributed by atoms with E-state index in [2.05, 4.69) is 0 Å². The molecular weight excluding hydrogens is 301 g/mol. The second-order valence-corrected chi connectivity index (χ2v) is 5.81. The maximum atomic E-state index is 13.0. The van der Waals surface area contributed by atoms with Crippen LogP contribution in [0.15, 0.2) is 34.7 Å². The van der Waals surface area contributed by atoms with Crippen LogP contribution < -0.4 is 0 Å². The van der Waals surface area contributed by atoms with Crippen molar-refractivity contribution < 1.29 is 23.5 Å². The average Bonchev–Trinajstić information content (AvgIpc) is 2.92. The van der Waals surface area contributed by atoms with E-state index in [1.54, 1.807) is 32.0 Å². The number of hydrogen-bond donors (Lipinski definition) is 1. The van der Waals surface area contributed by atoms with Crippen LogP contribution in [0.2, 0.25) is 0 Å². The van der Waals surface area contributed by atoms with Gasteiger partial charge in [-0.3, -0.25) is 9.63 Å². The summed E-state index contributed by atoms with van der Waals surface area (Å²) in [6.45, 7) is 3.14. The van der Waals surface area contributed by atoms with Gasteiger partial charge in [0.1, 0.15) is 17.2 Å². The number of benzene rings is 1. The molecule has 1 heterocycles. The lowest BCUT2D eigenvalue weighted by Crippen LogP contribution is -2.26. The maximum Gasteiger partial charge on any atom is 0.313 e. The SMILES string of the molecule is CON(C)C(=O)c1oc(C(C)(C)O)cc1Cc1ccc(F)cc1. The van der Waals surface area contributed by atoms with Crippen LogP contribution in [-0.2, 0) is 16.9 Å². The minimum atomic E-state index is -1.22. The summed E-state index contributed by atoms with van der Waals surface area (Å²) in [4.78, 5) is 17.2. The lowest BCUT2D eigenvalue weighted by Gasteiger charge is -2.14. The highest BCUT2D eigenvalue weighted by atomic mass is 19.1. The van der Waals surface area contributed by atoms with Crippen molar-refractivity contribution in [2.75, 3.05) is 14.2 Å². The number of furan rings is 1. The normalized spacial score (nSPS) is 11.6. The van der Waals surface area contributed by atoms with Gasteiger partial charge in [-0.1, -0.05) is 12.1 Å². The van der Waals surface area contributed by atoms with Gasteiger partial charge in [0.25, 0.3) is 0 Å². The second kappa shape index (κ2) is 6.52. The number of halogens is 1. The third-order valence-electron chi connectivity index (χ3n) is 3.47. The van der Waals surface area contributed by atoms with Crippen molar-refractivity contribution in [1.82, 2.24) is 5.06 Å². The summed E-state index contributed by atoms with van der Waals surface area (Å²) in [6, 6.07) is 7.63. The Morgan fingerprint density at radius 1 is 1.35 bits per heavy atom. The standard InChI is InChI=1S/C17H20FNO4/c1-17(2,21)14-10-12(9-11-5-7-13(18)8-6-11)15(23-14)16(20)19(3)22-4/h5-8,10,21H,9H2,1-4H3. The Bertz CT molecular complexity index is 686. The van der Waals surface area contributed by atoms with Gasteiger partial charge in [0.2, 0.25) is 0 Å². The number of amides is 1. The van der Waals surface area contributed by atoms with Gasteiger partial charge >= 0.3 is 5.91 Å². The Morgan fingerprint density at radius 3 is 2.48 bits per heavy atom. The molecule has 0 radical (unpaired) electrons. The summed E-state index contributed by atoms with van der Waals surface area (Å²) in [5, 5.41) is 11.2. The fraction of sp³-hybridized carbons (Fsp3) is 0.353. The number of hydrogen-bond acceptors (Lipinski definition) is 4. The number of nitrogens with zero attached hydrogens (tertiary/aromatic N) is 1. The van der Waals surface area contributed by atoms with E-state index >= 15 is 0 Å². The maximum absolute atomic E-state index is 13.0. The number of aliphatic hydroxyl groups is 1. The molecule has 5 nitrogen and oxygen atoms in total. The molecule has 2 aromatic rings. The molecule has 0 aliphatic heterocycles. The third kappa shape index (κ3) is 3.97. The van der Waals surface area contributed by atoms with Crippen LogP contribution in [0.5, 0.6) is 0 Å². The van der Waals surface area contributed by atoms with E-state index in [0.29, 0.717) is 12.0 Å². The number of hydroxylamine groups is 2. The van der Waals surface area contributed by atoms with Crippen LogP contribution in [0, 0.1) is 5.82 Å². The first-order valence-electron chi connectivity index (χ1n) is 7.14. The summed E-state index contributed by atoms with van der Waals surface area (Å²) >= 11 is 0. The Kier molecular flexibility index (Phi) is 4.87. The van der Waals surface area contributed by atoms with Crippen LogP contribution in [0.3, 0.4) is 0 Å². The van der Waals surface area contributed by atoms with Crippen LogP contribution in [0.1, 0.15) is 41.3 Å². The Hall–Kier alpha value is -2.18. The van der Waals surface area contributed by atoms with Crippen molar-refractivity contribution in [2.24, 2.45) is 0 Å². The first-order chi connectivity index (χ1) is 10.7. The molecule has 0 spiro atoms. The van der Waals surface area contributed by atoms with E-state index in [4.69, 9.17) is 9.25 Å². The van der Waals surface area contributed by atoms with E-state index in [1.165, 1.54) is 26.3 Å². The third-order valence-corrected chi connectivity index (χ3v) is 3.47. The molecule has 1 aromatic heterocycles. The smallest absolute Gasteiger partial charge is 0.313 e.